The van der Waals surface area contributed by atoms with Gasteiger partial charge in [-0.25, -0.2) is 0 Å². The highest BCUT2D eigenvalue weighted by Gasteiger charge is 1.95. The SMILES string of the molecule is [2H]c1c([2H])c(C)c2c([2H])c(C)c([2H])c([2H])c2c1[2H]. The van der Waals surface area contributed by atoms with Crippen molar-refractivity contribution >= 4 is 10.8 Å². The Morgan fingerprint density at radius 2 is 1.92 bits per heavy atom. The minimum absolute atomic E-state index is 0.0745. The molecule has 0 heterocycles. The molecular formula is C12H12. The summed E-state index contributed by atoms with van der Waals surface area (Å²) >= 11 is 0. The van der Waals surface area contributed by atoms with Crippen molar-refractivity contribution in [3.63, 3.8) is 0 Å². The van der Waals surface area contributed by atoms with Crippen LogP contribution in [-0.4, -0.2) is 0 Å². The molecule has 60 valence electrons. The lowest BCUT2D eigenvalue weighted by molar-refractivity contribution is 1.47. The van der Waals surface area contributed by atoms with Gasteiger partial charge in [0.15, 0.2) is 0 Å². The zero-order chi connectivity index (χ0) is 13.8. The molecule has 0 aliphatic rings. The monoisotopic (exact) mass is 162 g/mol. The van der Waals surface area contributed by atoms with Crippen LogP contribution in [0.4, 0.5) is 0 Å². The zero-order valence-corrected chi connectivity index (χ0v) is 7.00. The van der Waals surface area contributed by atoms with E-state index in [0.717, 1.165) is 0 Å². The number of hydrogen-bond acceptors (Lipinski definition) is 0. The lowest BCUT2D eigenvalue weighted by Crippen LogP contribution is -1.78. The van der Waals surface area contributed by atoms with E-state index >= 15 is 0 Å². The van der Waals surface area contributed by atoms with Crippen molar-refractivity contribution in [3.05, 3.63) is 47.4 Å². The van der Waals surface area contributed by atoms with Crippen LogP contribution in [0.15, 0.2) is 36.3 Å². The van der Waals surface area contributed by atoms with Crippen LogP contribution in [-0.2, 0) is 0 Å². The third-order valence-electron chi connectivity index (χ3n) is 1.75. The fraction of sp³-hybridized carbons (Fsp3) is 0.167. The summed E-state index contributed by atoms with van der Waals surface area (Å²) in [4.78, 5) is 0. The molecule has 0 unspecified atom stereocenters. The largest absolute Gasteiger partial charge is 0.0632 e. The molecule has 0 heteroatoms. The smallest absolute Gasteiger partial charge is 0.0614 e. The second kappa shape index (κ2) is 2.63. The topological polar surface area (TPSA) is 0 Å². The minimum atomic E-state index is -0.254. The van der Waals surface area contributed by atoms with Gasteiger partial charge < -0.3 is 0 Å². The second-order valence-corrected chi connectivity index (χ2v) is 2.75. The van der Waals surface area contributed by atoms with Gasteiger partial charge >= 0.3 is 0 Å². The molecule has 0 aromatic heterocycles. The Hall–Kier alpha value is -1.30. The van der Waals surface area contributed by atoms with Crippen LogP contribution in [0.25, 0.3) is 10.8 Å². The molecule has 0 N–H and O–H groups in total. The Balaban J connectivity index is 3.22. The summed E-state index contributed by atoms with van der Waals surface area (Å²) in [6.07, 6.45) is 0. The van der Waals surface area contributed by atoms with Crippen LogP contribution in [0.3, 0.4) is 0 Å². The molecule has 0 amide bonds. The highest BCUT2D eigenvalue weighted by molar-refractivity contribution is 5.86. The molecule has 0 atom stereocenters. The Labute approximate surface area is 81.3 Å². The Morgan fingerprint density at radius 3 is 2.75 bits per heavy atom. The van der Waals surface area contributed by atoms with Gasteiger partial charge in [-0.2, -0.15) is 0 Å². The van der Waals surface area contributed by atoms with Gasteiger partial charge in [-0.1, -0.05) is 41.8 Å². The van der Waals surface area contributed by atoms with Gasteiger partial charge in [0.05, 0.1) is 8.22 Å². The number of rotatable bonds is 0. The molecular weight excluding hydrogens is 144 g/mol. The molecule has 0 nitrogen and oxygen atoms in total. The van der Waals surface area contributed by atoms with E-state index in [1.54, 1.807) is 13.8 Å². The predicted molar refractivity (Wildman–Crippen MR) is 53.4 cm³/mol. The average molecular weight is 162 g/mol. The maximum absolute atomic E-state index is 8.00. The van der Waals surface area contributed by atoms with Crippen LogP contribution >= 0.6 is 0 Å². The lowest BCUT2D eigenvalue weighted by Gasteiger charge is -2.01. The molecule has 2 aromatic rings. The Morgan fingerprint density at radius 1 is 1.08 bits per heavy atom. The highest BCUT2D eigenvalue weighted by Crippen LogP contribution is 2.18. The average Bonchev–Trinajstić information content (AvgIpc) is 2.35. The molecule has 2 rings (SSSR count). The van der Waals surface area contributed by atoms with E-state index in [1.165, 1.54) is 0 Å². The van der Waals surface area contributed by atoms with Crippen molar-refractivity contribution in [1.82, 2.24) is 0 Å². The fourth-order valence-corrected chi connectivity index (χ4v) is 1.12. The summed E-state index contributed by atoms with van der Waals surface area (Å²) in [5, 5.41) is 0.480. The van der Waals surface area contributed by atoms with Crippen molar-refractivity contribution in [2.45, 2.75) is 13.8 Å². The summed E-state index contributed by atoms with van der Waals surface area (Å²) in [5.74, 6) is 0. The first-order chi connectivity index (χ1) is 8.29. The molecule has 2 aromatic carbocycles. The minimum Gasteiger partial charge on any atom is -0.0614 e. The number of fused-ring (bicyclic) bond motifs is 1. The number of hydrogen-bond donors (Lipinski definition) is 0. The fourth-order valence-electron chi connectivity index (χ4n) is 1.12. The molecule has 0 spiro atoms. The molecule has 0 aliphatic heterocycles. The molecule has 12 heavy (non-hydrogen) atoms. The zero-order valence-electron chi connectivity index (χ0n) is 13.0. The van der Waals surface area contributed by atoms with E-state index in [9.17, 15) is 0 Å². The van der Waals surface area contributed by atoms with Gasteiger partial charge in [0.25, 0.3) is 0 Å². The third-order valence-corrected chi connectivity index (χ3v) is 1.75. The third kappa shape index (κ3) is 1.10. The molecule has 0 bridgehead atoms. The van der Waals surface area contributed by atoms with Crippen molar-refractivity contribution < 1.29 is 8.22 Å². The number of aryl methyl sites for hydroxylation is 1. The van der Waals surface area contributed by atoms with E-state index in [2.05, 4.69) is 0 Å². The normalized spacial score (nSPS) is 17.5. The van der Waals surface area contributed by atoms with Gasteiger partial charge in [0, 0.05) is 0 Å². The van der Waals surface area contributed by atoms with Crippen LogP contribution in [0, 0.1) is 13.8 Å². The first-order valence-electron chi connectivity index (χ1n) is 6.75. The summed E-state index contributed by atoms with van der Waals surface area (Å²) in [6.45, 7) is 3.20. The van der Waals surface area contributed by atoms with E-state index in [-0.39, 0.29) is 41.6 Å². The Bertz CT molecular complexity index is 562. The summed E-state index contributed by atoms with van der Waals surface area (Å²) in [5.41, 5.74) is 0.791. The van der Waals surface area contributed by atoms with Gasteiger partial charge in [-0.15, -0.1) is 0 Å². The highest BCUT2D eigenvalue weighted by atomic mass is 14.0. The molecule has 0 saturated heterocycles. The van der Waals surface area contributed by atoms with Crippen LogP contribution < -0.4 is 0 Å². The van der Waals surface area contributed by atoms with Gasteiger partial charge in [-0.3, -0.25) is 0 Å². The van der Waals surface area contributed by atoms with Crippen LogP contribution in [0.2, 0.25) is 0 Å². The van der Waals surface area contributed by atoms with Crippen molar-refractivity contribution in [2.24, 2.45) is 0 Å². The number of benzene rings is 2. The van der Waals surface area contributed by atoms with Crippen molar-refractivity contribution in [2.75, 3.05) is 0 Å². The van der Waals surface area contributed by atoms with Gasteiger partial charge in [-0.05, 0) is 30.2 Å². The second-order valence-electron chi connectivity index (χ2n) is 2.75. The van der Waals surface area contributed by atoms with Crippen LogP contribution in [0.1, 0.15) is 19.4 Å². The molecule has 0 aliphatic carbocycles. The maximum Gasteiger partial charge on any atom is 0.0632 e. The first-order valence-corrected chi connectivity index (χ1v) is 3.75. The Kier molecular flexibility index (Phi) is 0.705. The maximum atomic E-state index is 8.00. The predicted octanol–water partition coefficient (Wildman–Crippen LogP) is 3.46. The van der Waals surface area contributed by atoms with Gasteiger partial charge in [0.2, 0.25) is 0 Å². The van der Waals surface area contributed by atoms with E-state index in [0.29, 0.717) is 16.5 Å². The molecule has 0 radical (unpaired) electrons. The quantitative estimate of drug-likeness (QED) is 0.556. The van der Waals surface area contributed by atoms with Gasteiger partial charge in [0.1, 0.15) is 0 Å². The first kappa shape index (κ1) is 3.21. The lowest BCUT2D eigenvalue weighted by atomic mass is 10.0. The summed E-state index contributed by atoms with van der Waals surface area (Å²) in [6, 6.07) is -0.732. The van der Waals surface area contributed by atoms with E-state index < -0.39 is 0 Å². The standard InChI is InChI=1S/C12H12/c1-9-6-7-11-5-3-4-10(2)12(11)8-9/h3-8H,1-2H3/i3D,4D,5D,6D,7D,8D. The van der Waals surface area contributed by atoms with E-state index in [4.69, 9.17) is 8.22 Å². The van der Waals surface area contributed by atoms with Crippen molar-refractivity contribution in [1.29, 1.82) is 0 Å². The molecule has 0 fully saturated rings. The summed E-state index contributed by atoms with van der Waals surface area (Å²) in [7, 11) is 0. The summed E-state index contributed by atoms with van der Waals surface area (Å²) < 4.78 is 46.9. The van der Waals surface area contributed by atoms with Crippen molar-refractivity contribution in [3.8, 4) is 0 Å². The molecule has 0 saturated carbocycles. The van der Waals surface area contributed by atoms with Crippen LogP contribution in [0.5, 0.6) is 0 Å². The van der Waals surface area contributed by atoms with E-state index in [1.807, 2.05) is 0 Å².